The minimum atomic E-state index is 0.418. The molecule has 0 saturated heterocycles. The topological polar surface area (TPSA) is 50.9 Å². The summed E-state index contributed by atoms with van der Waals surface area (Å²) in [7, 11) is 0. The van der Waals surface area contributed by atoms with Crippen molar-refractivity contribution in [2.75, 3.05) is 23.9 Å². The maximum atomic E-state index is 5.62. The van der Waals surface area contributed by atoms with Crippen LogP contribution in [0.4, 0.5) is 5.82 Å². The van der Waals surface area contributed by atoms with Crippen molar-refractivity contribution in [1.29, 1.82) is 0 Å². The van der Waals surface area contributed by atoms with Gasteiger partial charge in [-0.2, -0.15) is 11.8 Å². The van der Waals surface area contributed by atoms with Crippen LogP contribution in [0.5, 0.6) is 0 Å². The first kappa shape index (κ1) is 14.3. The van der Waals surface area contributed by atoms with Gasteiger partial charge in [-0.1, -0.05) is 12.2 Å². The minimum Gasteiger partial charge on any atom is -0.389 e. The Kier molecular flexibility index (Phi) is 6.29. The normalized spacial score (nSPS) is 10.2. The predicted octanol–water partition coefficient (Wildman–Crippen LogP) is 2.58. The number of nitrogens with zero attached hydrogens (tertiary/aromatic N) is 1. The lowest BCUT2D eigenvalue weighted by atomic mass is 10.2. The highest BCUT2D eigenvalue weighted by molar-refractivity contribution is 7.98. The Labute approximate surface area is 113 Å². The van der Waals surface area contributed by atoms with Gasteiger partial charge < -0.3 is 11.1 Å². The number of thiocarbonyl (C=S) groups is 1. The highest BCUT2D eigenvalue weighted by atomic mass is 32.2. The van der Waals surface area contributed by atoms with E-state index >= 15 is 0 Å². The molecule has 3 N–H and O–H groups in total. The zero-order chi connectivity index (χ0) is 12.7. The molecule has 0 saturated carbocycles. The Bertz CT molecular complexity index is 380. The van der Waals surface area contributed by atoms with E-state index in [4.69, 9.17) is 18.0 Å². The highest BCUT2D eigenvalue weighted by Crippen LogP contribution is 2.10. The largest absolute Gasteiger partial charge is 0.389 e. The van der Waals surface area contributed by atoms with Crippen molar-refractivity contribution in [2.45, 2.75) is 19.8 Å². The molecule has 0 bridgehead atoms. The summed E-state index contributed by atoms with van der Waals surface area (Å²) in [4.78, 5) is 4.82. The summed E-state index contributed by atoms with van der Waals surface area (Å²) in [6.07, 6.45) is 4.50. The molecule has 1 aromatic heterocycles. The van der Waals surface area contributed by atoms with E-state index in [0.717, 1.165) is 30.0 Å². The number of hydrogen-bond donors (Lipinski definition) is 2. The van der Waals surface area contributed by atoms with Gasteiger partial charge in [0.25, 0.3) is 0 Å². The molecule has 94 valence electrons. The molecule has 1 aromatic rings. The minimum absolute atomic E-state index is 0.418. The fourth-order valence-corrected chi connectivity index (χ4v) is 2.10. The van der Waals surface area contributed by atoms with Crippen LogP contribution in [-0.4, -0.2) is 28.5 Å². The summed E-state index contributed by atoms with van der Waals surface area (Å²) >= 11 is 6.85. The quantitative estimate of drug-likeness (QED) is 0.588. The number of hydrogen-bond acceptors (Lipinski definition) is 4. The molecule has 17 heavy (non-hydrogen) atoms. The first-order valence-corrected chi connectivity index (χ1v) is 7.45. The molecular formula is C12H19N3S2. The standard InChI is InChI=1S/C12H19N3S2/c1-9-7-10(12(13)16)8-11(15-9)14-5-3-4-6-17-2/h7-8H,3-6H2,1-2H3,(H2,13,16)(H,14,15). The van der Waals surface area contributed by atoms with Gasteiger partial charge >= 0.3 is 0 Å². The zero-order valence-electron chi connectivity index (χ0n) is 10.3. The van der Waals surface area contributed by atoms with Crippen LogP contribution in [0.2, 0.25) is 0 Å². The molecule has 1 rings (SSSR count). The molecule has 0 amide bonds. The Balaban J connectivity index is 2.50. The summed E-state index contributed by atoms with van der Waals surface area (Å²) < 4.78 is 0. The van der Waals surface area contributed by atoms with Crippen LogP contribution in [0.25, 0.3) is 0 Å². The summed E-state index contributed by atoms with van der Waals surface area (Å²) in [6.45, 7) is 2.88. The lowest BCUT2D eigenvalue weighted by Gasteiger charge is -2.08. The van der Waals surface area contributed by atoms with E-state index in [0.29, 0.717) is 4.99 Å². The van der Waals surface area contributed by atoms with Gasteiger partial charge in [0.05, 0.1) is 0 Å². The van der Waals surface area contributed by atoms with Crippen molar-refractivity contribution in [3.63, 3.8) is 0 Å². The SMILES string of the molecule is CSCCCCNc1cc(C(N)=S)cc(C)n1. The van der Waals surface area contributed by atoms with E-state index in [1.807, 2.05) is 30.8 Å². The Morgan fingerprint density at radius 3 is 2.88 bits per heavy atom. The van der Waals surface area contributed by atoms with Crippen molar-refractivity contribution >= 4 is 34.8 Å². The van der Waals surface area contributed by atoms with E-state index in [-0.39, 0.29) is 0 Å². The van der Waals surface area contributed by atoms with Crippen LogP contribution in [0, 0.1) is 6.92 Å². The second kappa shape index (κ2) is 7.50. The smallest absolute Gasteiger partial charge is 0.126 e. The number of rotatable bonds is 7. The first-order chi connectivity index (χ1) is 8.13. The number of thioether (sulfide) groups is 1. The van der Waals surface area contributed by atoms with Gasteiger partial charge in [0, 0.05) is 17.8 Å². The van der Waals surface area contributed by atoms with Gasteiger partial charge in [0.2, 0.25) is 0 Å². The molecule has 3 nitrogen and oxygen atoms in total. The zero-order valence-corrected chi connectivity index (χ0v) is 12.0. The van der Waals surface area contributed by atoms with Crippen LogP contribution >= 0.6 is 24.0 Å². The summed E-state index contributed by atoms with van der Waals surface area (Å²) in [5.74, 6) is 2.07. The van der Waals surface area contributed by atoms with Crippen LogP contribution in [0.15, 0.2) is 12.1 Å². The third kappa shape index (κ3) is 5.37. The Hall–Kier alpha value is -0.810. The summed E-state index contributed by atoms with van der Waals surface area (Å²) in [6, 6.07) is 3.81. The van der Waals surface area contributed by atoms with Crippen molar-refractivity contribution in [3.05, 3.63) is 23.4 Å². The number of aryl methyl sites for hydroxylation is 1. The molecule has 0 aliphatic carbocycles. The Morgan fingerprint density at radius 2 is 2.24 bits per heavy atom. The van der Waals surface area contributed by atoms with E-state index in [1.165, 1.54) is 12.2 Å². The first-order valence-electron chi connectivity index (χ1n) is 5.65. The van der Waals surface area contributed by atoms with Gasteiger partial charge in [-0.15, -0.1) is 0 Å². The maximum absolute atomic E-state index is 5.62. The van der Waals surface area contributed by atoms with Crippen molar-refractivity contribution in [3.8, 4) is 0 Å². The average Bonchev–Trinajstić information content (AvgIpc) is 2.28. The predicted molar refractivity (Wildman–Crippen MR) is 81.0 cm³/mol. The van der Waals surface area contributed by atoms with Crippen molar-refractivity contribution in [1.82, 2.24) is 4.98 Å². The second-order valence-corrected chi connectivity index (χ2v) is 5.30. The number of nitrogens with two attached hydrogens (primary N) is 1. The second-order valence-electron chi connectivity index (χ2n) is 3.87. The summed E-state index contributed by atoms with van der Waals surface area (Å²) in [5, 5.41) is 3.30. The van der Waals surface area contributed by atoms with E-state index < -0.39 is 0 Å². The monoisotopic (exact) mass is 269 g/mol. The number of pyridine rings is 1. The lowest BCUT2D eigenvalue weighted by Crippen LogP contribution is -2.12. The molecule has 0 spiro atoms. The third-order valence-electron chi connectivity index (χ3n) is 2.32. The van der Waals surface area contributed by atoms with Crippen LogP contribution in [0.1, 0.15) is 24.1 Å². The Morgan fingerprint density at radius 1 is 1.47 bits per heavy atom. The molecule has 0 aliphatic heterocycles. The number of aromatic nitrogens is 1. The molecule has 1 heterocycles. The third-order valence-corrected chi connectivity index (χ3v) is 3.25. The van der Waals surface area contributed by atoms with Crippen LogP contribution in [-0.2, 0) is 0 Å². The van der Waals surface area contributed by atoms with E-state index in [1.54, 1.807) is 0 Å². The molecule has 0 aromatic carbocycles. The fraction of sp³-hybridized carbons (Fsp3) is 0.500. The van der Waals surface area contributed by atoms with Gasteiger partial charge in [0.1, 0.15) is 10.8 Å². The highest BCUT2D eigenvalue weighted by Gasteiger charge is 2.01. The van der Waals surface area contributed by atoms with Crippen LogP contribution in [0.3, 0.4) is 0 Å². The molecule has 0 fully saturated rings. The van der Waals surface area contributed by atoms with Crippen molar-refractivity contribution < 1.29 is 0 Å². The molecule has 0 atom stereocenters. The average molecular weight is 269 g/mol. The van der Waals surface area contributed by atoms with Crippen molar-refractivity contribution in [2.24, 2.45) is 5.73 Å². The number of unbranched alkanes of at least 4 members (excludes halogenated alkanes) is 1. The van der Waals surface area contributed by atoms with Gasteiger partial charge in [-0.25, -0.2) is 4.98 Å². The molecular weight excluding hydrogens is 250 g/mol. The maximum Gasteiger partial charge on any atom is 0.126 e. The molecule has 5 heteroatoms. The van der Waals surface area contributed by atoms with Crippen LogP contribution < -0.4 is 11.1 Å². The van der Waals surface area contributed by atoms with Gasteiger partial charge in [0.15, 0.2) is 0 Å². The lowest BCUT2D eigenvalue weighted by molar-refractivity contribution is 0.839. The number of anilines is 1. The van der Waals surface area contributed by atoms with E-state index in [2.05, 4.69) is 16.6 Å². The molecule has 0 radical (unpaired) electrons. The van der Waals surface area contributed by atoms with Gasteiger partial charge in [-0.05, 0) is 43.9 Å². The summed E-state index contributed by atoms with van der Waals surface area (Å²) in [5.41, 5.74) is 7.43. The van der Waals surface area contributed by atoms with Gasteiger partial charge in [-0.3, -0.25) is 0 Å². The fourth-order valence-electron chi connectivity index (χ4n) is 1.49. The number of nitrogens with one attached hydrogen (secondary N) is 1. The molecule has 0 unspecified atom stereocenters. The van der Waals surface area contributed by atoms with E-state index in [9.17, 15) is 0 Å². The molecule has 0 aliphatic rings.